The summed E-state index contributed by atoms with van der Waals surface area (Å²) in [6.07, 6.45) is 0.748. The Hall–Kier alpha value is -1.09. The normalized spacial score (nSPS) is 15.2. The molecule has 0 saturated heterocycles. The zero-order chi connectivity index (χ0) is 9.26. The van der Waals surface area contributed by atoms with E-state index in [0.29, 0.717) is 6.54 Å². The molecule has 3 heteroatoms. The monoisotopic (exact) mass is 181 g/mol. The lowest BCUT2D eigenvalue weighted by Gasteiger charge is -2.19. The summed E-state index contributed by atoms with van der Waals surface area (Å²) in [6, 6.07) is 3.16. The van der Waals surface area contributed by atoms with Crippen LogP contribution in [0.15, 0.2) is 12.1 Å². The van der Waals surface area contributed by atoms with Crippen molar-refractivity contribution < 1.29 is 9.13 Å². The fourth-order valence-corrected chi connectivity index (χ4v) is 1.73. The number of benzene rings is 1. The van der Waals surface area contributed by atoms with Gasteiger partial charge in [0.2, 0.25) is 0 Å². The van der Waals surface area contributed by atoms with Crippen LogP contribution in [0.5, 0.6) is 5.75 Å². The third kappa shape index (κ3) is 1.40. The maximum Gasteiger partial charge on any atom is 0.127 e. The van der Waals surface area contributed by atoms with Crippen LogP contribution >= 0.6 is 0 Å². The fraction of sp³-hybridized carbons (Fsp3) is 0.400. The van der Waals surface area contributed by atoms with Gasteiger partial charge < -0.3 is 10.1 Å². The number of rotatable bonds is 1. The first kappa shape index (κ1) is 8.51. The molecular weight excluding hydrogens is 169 g/mol. The van der Waals surface area contributed by atoms with Gasteiger partial charge in [-0.3, -0.25) is 0 Å². The van der Waals surface area contributed by atoms with Crippen molar-refractivity contribution in [1.29, 1.82) is 0 Å². The Morgan fingerprint density at radius 1 is 1.38 bits per heavy atom. The van der Waals surface area contributed by atoms with Gasteiger partial charge in [-0.15, -0.1) is 0 Å². The van der Waals surface area contributed by atoms with E-state index in [1.807, 2.05) is 0 Å². The van der Waals surface area contributed by atoms with Crippen LogP contribution in [0.3, 0.4) is 0 Å². The first-order valence-corrected chi connectivity index (χ1v) is 4.38. The molecule has 0 unspecified atom stereocenters. The molecule has 1 N–H and O–H groups in total. The van der Waals surface area contributed by atoms with Crippen LogP contribution in [0.25, 0.3) is 0 Å². The smallest absolute Gasteiger partial charge is 0.127 e. The quantitative estimate of drug-likeness (QED) is 0.708. The van der Waals surface area contributed by atoms with E-state index in [2.05, 4.69) is 5.32 Å². The molecule has 70 valence electrons. The zero-order valence-electron chi connectivity index (χ0n) is 7.56. The third-order valence-corrected chi connectivity index (χ3v) is 2.40. The zero-order valence-corrected chi connectivity index (χ0v) is 7.56. The van der Waals surface area contributed by atoms with E-state index in [1.54, 1.807) is 13.2 Å². The molecule has 0 aromatic heterocycles. The summed E-state index contributed by atoms with van der Waals surface area (Å²) in [5.41, 5.74) is 1.77. The molecule has 1 aliphatic rings. The molecule has 1 aromatic carbocycles. The van der Waals surface area contributed by atoms with Crippen LogP contribution in [-0.2, 0) is 13.0 Å². The van der Waals surface area contributed by atoms with Crippen molar-refractivity contribution in [1.82, 2.24) is 5.32 Å². The van der Waals surface area contributed by atoms with Gasteiger partial charge in [0, 0.05) is 12.1 Å². The standard InChI is InChI=1S/C10H12FNO/c1-13-10-3-2-9(11)7-4-5-12-6-8(7)10/h2-3,12H,4-6H2,1H3. The lowest BCUT2D eigenvalue weighted by molar-refractivity contribution is 0.402. The van der Waals surface area contributed by atoms with Crippen LogP contribution in [0, 0.1) is 5.82 Å². The highest BCUT2D eigenvalue weighted by molar-refractivity contribution is 5.42. The minimum Gasteiger partial charge on any atom is -0.496 e. The lowest BCUT2D eigenvalue weighted by Crippen LogP contribution is -2.25. The Morgan fingerprint density at radius 2 is 2.23 bits per heavy atom. The maximum absolute atomic E-state index is 13.3. The number of ether oxygens (including phenoxy) is 1. The lowest BCUT2D eigenvalue weighted by atomic mass is 9.99. The number of fused-ring (bicyclic) bond motifs is 1. The summed E-state index contributed by atoms with van der Waals surface area (Å²) in [6.45, 7) is 1.55. The van der Waals surface area contributed by atoms with Crippen LogP contribution in [-0.4, -0.2) is 13.7 Å². The van der Waals surface area contributed by atoms with Gasteiger partial charge in [-0.2, -0.15) is 0 Å². The summed E-state index contributed by atoms with van der Waals surface area (Å²) in [7, 11) is 1.61. The van der Waals surface area contributed by atoms with Crippen molar-refractivity contribution >= 4 is 0 Å². The van der Waals surface area contributed by atoms with Gasteiger partial charge in [0.25, 0.3) is 0 Å². The molecule has 0 fully saturated rings. The van der Waals surface area contributed by atoms with Crippen LogP contribution < -0.4 is 10.1 Å². The highest BCUT2D eigenvalue weighted by Crippen LogP contribution is 2.26. The molecule has 0 bridgehead atoms. The summed E-state index contributed by atoms with van der Waals surface area (Å²) in [5, 5.41) is 3.20. The van der Waals surface area contributed by atoms with Gasteiger partial charge in [-0.1, -0.05) is 0 Å². The number of methoxy groups -OCH3 is 1. The molecule has 0 amide bonds. The molecule has 0 atom stereocenters. The molecule has 13 heavy (non-hydrogen) atoms. The minimum absolute atomic E-state index is 0.114. The Balaban J connectivity index is 2.52. The van der Waals surface area contributed by atoms with Gasteiger partial charge in [0.1, 0.15) is 11.6 Å². The van der Waals surface area contributed by atoms with E-state index in [1.165, 1.54) is 6.07 Å². The molecule has 2 rings (SSSR count). The van der Waals surface area contributed by atoms with Gasteiger partial charge >= 0.3 is 0 Å². The Labute approximate surface area is 76.7 Å². The summed E-state index contributed by atoms with van der Waals surface area (Å²) < 4.78 is 18.5. The van der Waals surface area contributed by atoms with E-state index in [9.17, 15) is 4.39 Å². The minimum atomic E-state index is -0.114. The largest absolute Gasteiger partial charge is 0.496 e. The SMILES string of the molecule is COc1ccc(F)c2c1CNCC2. The predicted octanol–water partition coefficient (Wildman–Crippen LogP) is 1.48. The molecule has 1 heterocycles. The predicted molar refractivity (Wildman–Crippen MR) is 48.4 cm³/mol. The van der Waals surface area contributed by atoms with E-state index in [-0.39, 0.29) is 5.82 Å². The maximum atomic E-state index is 13.3. The van der Waals surface area contributed by atoms with Gasteiger partial charge in [-0.25, -0.2) is 4.39 Å². The molecule has 0 saturated carbocycles. The molecule has 1 aliphatic heterocycles. The Bertz CT molecular complexity index is 325. The van der Waals surface area contributed by atoms with Crippen molar-refractivity contribution in [2.45, 2.75) is 13.0 Å². The van der Waals surface area contributed by atoms with Gasteiger partial charge in [0.15, 0.2) is 0 Å². The van der Waals surface area contributed by atoms with E-state index in [0.717, 1.165) is 29.8 Å². The second-order valence-electron chi connectivity index (χ2n) is 3.13. The first-order valence-electron chi connectivity index (χ1n) is 4.38. The molecule has 0 spiro atoms. The highest BCUT2D eigenvalue weighted by Gasteiger charge is 2.16. The molecule has 1 aromatic rings. The van der Waals surface area contributed by atoms with Crippen molar-refractivity contribution in [2.24, 2.45) is 0 Å². The summed E-state index contributed by atoms with van der Waals surface area (Å²) in [5.74, 6) is 0.668. The van der Waals surface area contributed by atoms with Gasteiger partial charge in [-0.05, 0) is 30.7 Å². The highest BCUT2D eigenvalue weighted by atomic mass is 19.1. The number of halogens is 1. The Morgan fingerprint density at radius 3 is 3.00 bits per heavy atom. The van der Waals surface area contributed by atoms with Crippen molar-refractivity contribution in [2.75, 3.05) is 13.7 Å². The van der Waals surface area contributed by atoms with E-state index >= 15 is 0 Å². The number of hydrogen-bond donors (Lipinski definition) is 1. The summed E-state index contributed by atoms with van der Waals surface area (Å²) >= 11 is 0. The third-order valence-electron chi connectivity index (χ3n) is 2.40. The molecule has 0 radical (unpaired) electrons. The average molecular weight is 181 g/mol. The summed E-state index contributed by atoms with van der Waals surface area (Å²) in [4.78, 5) is 0. The second-order valence-corrected chi connectivity index (χ2v) is 3.13. The number of nitrogens with one attached hydrogen (secondary N) is 1. The van der Waals surface area contributed by atoms with Crippen LogP contribution in [0.4, 0.5) is 4.39 Å². The fourth-order valence-electron chi connectivity index (χ4n) is 1.73. The first-order chi connectivity index (χ1) is 6.33. The van der Waals surface area contributed by atoms with Gasteiger partial charge in [0.05, 0.1) is 7.11 Å². The van der Waals surface area contributed by atoms with Crippen molar-refractivity contribution in [3.8, 4) is 5.75 Å². The molecule has 0 aliphatic carbocycles. The average Bonchev–Trinajstić information content (AvgIpc) is 2.19. The number of hydrogen-bond acceptors (Lipinski definition) is 2. The van der Waals surface area contributed by atoms with Crippen LogP contribution in [0.2, 0.25) is 0 Å². The van der Waals surface area contributed by atoms with Crippen molar-refractivity contribution in [3.05, 3.63) is 29.1 Å². The van der Waals surface area contributed by atoms with E-state index in [4.69, 9.17) is 4.74 Å². The molecular formula is C10H12FNO. The second kappa shape index (κ2) is 3.34. The topological polar surface area (TPSA) is 21.3 Å². The van der Waals surface area contributed by atoms with Crippen molar-refractivity contribution in [3.63, 3.8) is 0 Å². The molecule has 2 nitrogen and oxygen atoms in total. The Kier molecular flexibility index (Phi) is 2.19. The van der Waals surface area contributed by atoms with Crippen LogP contribution in [0.1, 0.15) is 11.1 Å². The van der Waals surface area contributed by atoms with E-state index < -0.39 is 0 Å².